The van der Waals surface area contributed by atoms with E-state index in [-0.39, 0.29) is 17.3 Å². The van der Waals surface area contributed by atoms with Gasteiger partial charge in [0.2, 0.25) is 5.91 Å². The molecule has 1 aliphatic rings. The third kappa shape index (κ3) is 5.14. The molecule has 1 aliphatic heterocycles. The number of carbonyl (C=O) groups excluding carboxylic acids is 2. The quantitative estimate of drug-likeness (QED) is 0.477. The molecule has 1 fully saturated rings. The van der Waals surface area contributed by atoms with Gasteiger partial charge in [0.1, 0.15) is 11.4 Å². The Balaban J connectivity index is 2.22. The highest BCUT2D eigenvalue weighted by atomic mass is 35.5. The van der Waals surface area contributed by atoms with Crippen molar-refractivity contribution in [3.63, 3.8) is 0 Å². The third-order valence-electron chi connectivity index (χ3n) is 4.17. The molecule has 0 N–H and O–H groups in total. The van der Waals surface area contributed by atoms with Crippen molar-refractivity contribution >= 4 is 35.2 Å². The Morgan fingerprint density at radius 3 is 2.68 bits per heavy atom. The number of halogens is 1. The number of rotatable bonds is 8. The number of hydrogen-bond donors (Lipinski definition) is 0. The molecule has 0 spiro atoms. The standard InChI is InChI=1S/C19H26ClNO3S/c1-3-5-6-11-17(22)21-16(19(23)24-12-4-2)13-25-18(21)14-9-7-8-10-15(14)20/h7-10,16,18H,3-6,11-13H2,1-2H3/t16-,18-/m1/s1. The largest absolute Gasteiger partial charge is 0.464 e. The van der Waals surface area contributed by atoms with Crippen molar-refractivity contribution in [2.45, 2.75) is 57.4 Å². The van der Waals surface area contributed by atoms with Crippen molar-refractivity contribution < 1.29 is 14.3 Å². The maximum absolute atomic E-state index is 12.9. The molecule has 0 aromatic heterocycles. The second-order valence-corrected chi connectivity index (χ2v) is 7.67. The Bertz CT molecular complexity index is 596. The molecule has 6 heteroatoms. The molecule has 4 nitrogen and oxygen atoms in total. The molecule has 1 aromatic rings. The molecule has 1 saturated heterocycles. The number of benzene rings is 1. The van der Waals surface area contributed by atoms with Gasteiger partial charge in [-0.05, 0) is 18.9 Å². The number of ether oxygens (including phenoxy) is 1. The number of nitrogens with zero attached hydrogens (tertiary/aromatic N) is 1. The first-order valence-corrected chi connectivity index (χ1v) is 10.4. The van der Waals surface area contributed by atoms with Crippen LogP contribution in [-0.2, 0) is 14.3 Å². The fourth-order valence-electron chi connectivity index (χ4n) is 2.86. The van der Waals surface area contributed by atoms with Crippen molar-refractivity contribution in [1.29, 1.82) is 0 Å². The average molecular weight is 384 g/mol. The van der Waals surface area contributed by atoms with Gasteiger partial charge < -0.3 is 9.64 Å². The molecule has 0 radical (unpaired) electrons. The fourth-order valence-corrected chi connectivity index (χ4v) is 4.64. The third-order valence-corrected chi connectivity index (χ3v) is 5.82. The highest BCUT2D eigenvalue weighted by Gasteiger charge is 2.43. The van der Waals surface area contributed by atoms with Crippen LogP contribution in [-0.4, -0.2) is 35.2 Å². The minimum atomic E-state index is -0.535. The van der Waals surface area contributed by atoms with Gasteiger partial charge in [-0.25, -0.2) is 4.79 Å². The Morgan fingerprint density at radius 2 is 2.00 bits per heavy atom. The summed E-state index contributed by atoms with van der Waals surface area (Å²) in [4.78, 5) is 27.0. The zero-order chi connectivity index (χ0) is 18.2. The molecule has 2 rings (SSSR count). The van der Waals surface area contributed by atoms with Gasteiger partial charge >= 0.3 is 5.97 Å². The first-order chi connectivity index (χ1) is 12.1. The number of carbonyl (C=O) groups is 2. The maximum Gasteiger partial charge on any atom is 0.329 e. The Labute approximate surface area is 159 Å². The van der Waals surface area contributed by atoms with E-state index in [4.69, 9.17) is 16.3 Å². The molecule has 0 aliphatic carbocycles. The van der Waals surface area contributed by atoms with E-state index >= 15 is 0 Å². The summed E-state index contributed by atoms with van der Waals surface area (Å²) >= 11 is 7.92. The summed E-state index contributed by atoms with van der Waals surface area (Å²) < 4.78 is 5.32. The van der Waals surface area contributed by atoms with Gasteiger partial charge in [-0.3, -0.25) is 4.79 Å². The highest BCUT2D eigenvalue weighted by Crippen LogP contribution is 2.44. The minimum absolute atomic E-state index is 0.00168. The van der Waals surface area contributed by atoms with Gasteiger partial charge in [-0.1, -0.05) is 56.5 Å². The van der Waals surface area contributed by atoms with E-state index in [0.717, 1.165) is 31.2 Å². The summed E-state index contributed by atoms with van der Waals surface area (Å²) in [5.74, 6) is 0.229. The van der Waals surface area contributed by atoms with Crippen LogP contribution in [0.1, 0.15) is 56.9 Å². The number of thioether (sulfide) groups is 1. The number of amides is 1. The van der Waals surface area contributed by atoms with Crippen LogP contribution >= 0.6 is 23.4 Å². The van der Waals surface area contributed by atoms with Crippen LogP contribution < -0.4 is 0 Å². The van der Waals surface area contributed by atoms with Gasteiger partial charge in [-0.15, -0.1) is 11.8 Å². The molecule has 1 heterocycles. The highest BCUT2D eigenvalue weighted by molar-refractivity contribution is 7.99. The first-order valence-electron chi connectivity index (χ1n) is 8.94. The number of esters is 1. The van der Waals surface area contributed by atoms with Crippen LogP contribution in [0.4, 0.5) is 0 Å². The Morgan fingerprint density at radius 1 is 1.24 bits per heavy atom. The normalized spacial score (nSPS) is 19.9. The lowest BCUT2D eigenvalue weighted by Gasteiger charge is -2.29. The fraction of sp³-hybridized carbons (Fsp3) is 0.579. The molecule has 1 amide bonds. The van der Waals surface area contributed by atoms with E-state index in [1.807, 2.05) is 31.2 Å². The molecule has 2 atom stereocenters. The Kier molecular flexibility index (Phi) is 8.10. The SMILES string of the molecule is CCCCCC(=O)N1[C@@H](C(=O)OCCC)CS[C@@H]1c1ccccc1Cl. The molecule has 138 valence electrons. The lowest BCUT2D eigenvalue weighted by atomic mass is 10.1. The zero-order valence-corrected chi connectivity index (χ0v) is 16.4. The minimum Gasteiger partial charge on any atom is -0.464 e. The molecular weight excluding hydrogens is 358 g/mol. The van der Waals surface area contributed by atoms with E-state index in [0.29, 0.717) is 23.8 Å². The average Bonchev–Trinajstić information content (AvgIpc) is 3.05. The summed E-state index contributed by atoms with van der Waals surface area (Å²) in [7, 11) is 0. The summed E-state index contributed by atoms with van der Waals surface area (Å²) in [5, 5.41) is 0.385. The van der Waals surface area contributed by atoms with E-state index in [9.17, 15) is 9.59 Å². The van der Waals surface area contributed by atoms with Crippen molar-refractivity contribution in [2.24, 2.45) is 0 Å². The summed E-state index contributed by atoms with van der Waals surface area (Å²) in [6.07, 6.45) is 4.12. The number of unbranched alkanes of at least 4 members (excludes halogenated alkanes) is 2. The van der Waals surface area contributed by atoms with E-state index in [1.54, 1.807) is 16.7 Å². The van der Waals surface area contributed by atoms with Crippen LogP contribution in [0.15, 0.2) is 24.3 Å². The van der Waals surface area contributed by atoms with Crippen LogP contribution in [0.25, 0.3) is 0 Å². The van der Waals surface area contributed by atoms with Gasteiger partial charge in [0.15, 0.2) is 0 Å². The predicted molar refractivity (Wildman–Crippen MR) is 103 cm³/mol. The molecular formula is C19H26ClNO3S. The van der Waals surface area contributed by atoms with Gasteiger partial charge in [0.25, 0.3) is 0 Å². The Hall–Kier alpha value is -1.20. The maximum atomic E-state index is 12.9. The monoisotopic (exact) mass is 383 g/mol. The molecule has 0 saturated carbocycles. The second kappa shape index (κ2) is 10.1. The van der Waals surface area contributed by atoms with Crippen LogP contribution in [0.5, 0.6) is 0 Å². The van der Waals surface area contributed by atoms with Crippen molar-refractivity contribution in [3.8, 4) is 0 Å². The van der Waals surface area contributed by atoms with Crippen LogP contribution in [0.2, 0.25) is 5.02 Å². The lowest BCUT2D eigenvalue weighted by Crippen LogP contribution is -2.43. The molecule has 0 bridgehead atoms. The molecule has 1 aromatic carbocycles. The van der Waals surface area contributed by atoms with Crippen molar-refractivity contribution in [2.75, 3.05) is 12.4 Å². The topological polar surface area (TPSA) is 46.6 Å². The first kappa shape index (κ1) is 20.1. The molecule has 25 heavy (non-hydrogen) atoms. The smallest absolute Gasteiger partial charge is 0.329 e. The number of hydrogen-bond acceptors (Lipinski definition) is 4. The summed E-state index contributed by atoms with van der Waals surface area (Å²) in [6, 6.07) is 6.98. The van der Waals surface area contributed by atoms with Gasteiger partial charge in [-0.2, -0.15) is 0 Å². The molecule has 0 unspecified atom stereocenters. The van der Waals surface area contributed by atoms with Crippen molar-refractivity contribution in [1.82, 2.24) is 4.90 Å². The zero-order valence-electron chi connectivity index (χ0n) is 14.9. The van der Waals surface area contributed by atoms with Crippen molar-refractivity contribution in [3.05, 3.63) is 34.9 Å². The van der Waals surface area contributed by atoms with Crippen LogP contribution in [0, 0.1) is 0 Å². The predicted octanol–water partition coefficient (Wildman–Crippen LogP) is 4.82. The summed E-state index contributed by atoms with van der Waals surface area (Å²) in [6.45, 7) is 4.44. The van der Waals surface area contributed by atoms with Crippen LogP contribution in [0.3, 0.4) is 0 Å². The van der Waals surface area contributed by atoms with E-state index < -0.39 is 6.04 Å². The lowest BCUT2D eigenvalue weighted by molar-refractivity contribution is -0.154. The summed E-state index contributed by atoms with van der Waals surface area (Å²) in [5.41, 5.74) is 0.879. The van der Waals surface area contributed by atoms with E-state index in [2.05, 4.69) is 6.92 Å². The van der Waals surface area contributed by atoms with Gasteiger partial charge in [0.05, 0.1) is 6.61 Å². The van der Waals surface area contributed by atoms with Gasteiger partial charge in [0, 0.05) is 22.8 Å². The van der Waals surface area contributed by atoms with E-state index in [1.165, 1.54) is 0 Å². The second-order valence-electron chi connectivity index (χ2n) is 6.15.